The molecule has 8 heteroatoms. The first-order valence-corrected chi connectivity index (χ1v) is 10.9. The quantitative estimate of drug-likeness (QED) is 0.658. The Morgan fingerprint density at radius 2 is 1.52 bits per heavy atom. The van der Waals surface area contributed by atoms with Crippen LogP contribution in [0.1, 0.15) is 11.4 Å². The maximum atomic E-state index is 14.0. The van der Waals surface area contributed by atoms with Crippen molar-refractivity contribution in [2.75, 3.05) is 31.1 Å². The molecule has 0 aliphatic carbocycles. The van der Waals surface area contributed by atoms with E-state index in [1.54, 1.807) is 0 Å². The van der Waals surface area contributed by atoms with Gasteiger partial charge in [-0.25, -0.2) is 17.5 Å². The van der Waals surface area contributed by atoms with Gasteiger partial charge >= 0.3 is 0 Å². The van der Waals surface area contributed by atoms with E-state index in [9.17, 15) is 12.8 Å². The second-order valence-corrected chi connectivity index (χ2v) is 8.99. The van der Waals surface area contributed by atoms with Crippen LogP contribution in [0.4, 0.5) is 10.1 Å². The van der Waals surface area contributed by atoms with Gasteiger partial charge in [0.2, 0.25) is 10.0 Å². The van der Waals surface area contributed by atoms with E-state index >= 15 is 0 Å². The first-order valence-electron chi connectivity index (χ1n) is 9.51. The van der Waals surface area contributed by atoms with Crippen molar-refractivity contribution in [3.05, 3.63) is 71.8 Å². The third kappa shape index (κ3) is 3.54. The minimum absolute atomic E-state index is 0.266. The summed E-state index contributed by atoms with van der Waals surface area (Å²) in [4.78, 5) is 1.89. The highest BCUT2D eigenvalue weighted by Gasteiger charge is 2.32. The first-order chi connectivity index (χ1) is 13.9. The van der Waals surface area contributed by atoms with Crippen molar-refractivity contribution >= 4 is 15.7 Å². The van der Waals surface area contributed by atoms with Gasteiger partial charge in [-0.1, -0.05) is 30.3 Å². The second-order valence-electron chi connectivity index (χ2n) is 7.09. The van der Waals surface area contributed by atoms with Crippen molar-refractivity contribution in [2.24, 2.45) is 0 Å². The number of aryl methyl sites for hydroxylation is 1. The predicted octanol–water partition coefficient (Wildman–Crippen LogP) is 3.14. The SMILES string of the molecule is Cc1nn(-c2ccccc2)c(C)c1N1CCN(S(=O)(=O)c2ccccc2F)CC1. The minimum Gasteiger partial charge on any atom is -0.366 e. The third-order valence-corrected chi connectivity index (χ3v) is 7.20. The van der Waals surface area contributed by atoms with E-state index in [2.05, 4.69) is 10.00 Å². The zero-order chi connectivity index (χ0) is 20.6. The zero-order valence-corrected chi connectivity index (χ0v) is 17.2. The van der Waals surface area contributed by atoms with Crippen molar-refractivity contribution in [3.63, 3.8) is 0 Å². The smallest absolute Gasteiger partial charge is 0.246 e. The average Bonchev–Trinajstić information content (AvgIpc) is 3.03. The Morgan fingerprint density at radius 1 is 0.897 bits per heavy atom. The Balaban J connectivity index is 1.55. The Morgan fingerprint density at radius 3 is 2.17 bits per heavy atom. The monoisotopic (exact) mass is 414 g/mol. The van der Waals surface area contributed by atoms with Gasteiger partial charge in [0.1, 0.15) is 10.7 Å². The molecule has 2 heterocycles. The number of aromatic nitrogens is 2. The van der Waals surface area contributed by atoms with Crippen molar-refractivity contribution < 1.29 is 12.8 Å². The normalized spacial score (nSPS) is 15.6. The molecule has 0 atom stereocenters. The molecule has 1 saturated heterocycles. The molecule has 29 heavy (non-hydrogen) atoms. The topological polar surface area (TPSA) is 58.4 Å². The molecule has 0 amide bonds. The van der Waals surface area contributed by atoms with E-state index in [1.165, 1.54) is 28.6 Å². The molecule has 0 radical (unpaired) electrons. The summed E-state index contributed by atoms with van der Waals surface area (Å²) in [6, 6.07) is 15.4. The summed E-state index contributed by atoms with van der Waals surface area (Å²) in [5, 5.41) is 4.68. The van der Waals surface area contributed by atoms with Crippen molar-refractivity contribution in [1.29, 1.82) is 0 Å². The number of anilines is 1. The minimum atomic E-state index is -3.85. The van der Waals surface area contributed by atoms with Crippen LogP contribution in [-0.4, -0.2) is 48.7 Å². The fourth-order valence-electron chi connectivity index (χ4n) is 3.86. The van der Waals surface area contributed by atoms with Crippen LogP contribution in [0.2, 0.25) is 0 Å². The molecular weight excluding hydrogens is 391 g/mol. The van der Waals surface area contributed by atoms with Gasteiger partial charge in [0.25, 0.3) is 0 Å². The van der Waals surface area contributed by atoms with Gasteiger partial charge in [-0.05, 0) is 38.1 Å². The number of nitrogens with zero attached hydrogens (tertiary/aromatic N) is 4. The summed E-state index contributed by atoms with van der Waals surface area (Å²) >= 11 is 0. The number of para-hydroxylation sites is 1. The van der Waals surface area contributed by atoms with Crippen LogP contribution in [0.5, 0.6) is 0 Å². The molecule has 0 saturated carbocycles. The van der Waals surface area contributed by atoms with Crippen LogP contribution in [0, 0.1) is 19.7 Å². The van der Waals surface area contributed by atoms with Gasteiger partial charge < -0.3 is 4.90 Å². The van der Waals surface area contributed by atoms with E-state index in [0.29, 0.717) is 26.2 Å². The largest absolute Gasteiger partial charge is 0.366 e. The molecular formula is C21H23FN4O2S. The lowest BCUT2D eigenvalue weighted by Gasteiger charge is -2.35. The van der Waals surface area contributed by atoms with Crippen molar-refractivity contribution in [1.82, 2.24) is 14.1 Å². The van der Waals surface area contributed by atoms with E-state index < -0.39 is 15.8 Å². The van der Waals surface area contributed by atoms with Crippen molar-refractivity contribution in [2.45, 2.75) is 18.7 Å². The third-order valence-electron chi connectivity index (χ3n) is 5.26. The van der Waals surface area contributed by atoms with Crippen molar-refractivity contribution in [3.8, 4) is 5.69 Å². The number of halogens is 1. The summed E-state index contributed by atoms with van der Waals surface area (Å²) < 4.78 is 42.9. The fraction of sp³-hybridized carbons (Fsp3) is 0.286. The van der Waals surface area contributed by atoms with Crippen LogP contribution < -0.4 is 4.90 Å². The van der Waals surface area contributed by atoms with Crippen LogP contribution in [0.15, 0.2) is 59.5 Å². The molecule has 4 rings (SSSR count). The predicted molar refractivity (Wildman–Crippen MR) is 110 cm³/mol. The number of hydrogen-bond donors (Lipinski definition) is 0. The van der Waals surface area contributed by atoms with Gasteiger partial charge in [0.15, 0.2) is 0 Å². The number of hydrogen-bond acceptors (Lipinski definition) is 4. The van der Waals surface area contributed by atoms with Gasteiger partial charge in [0.05, 0.1) is 22.8 Å². The summed E-state index contributed by atoms with van der Waals surface area (Å²) in [6.45, 7) is 5.62. The standard InChI is InChI=1S/C21H23FN4O2S/c1-16-21(17(2)26(23-16)18-8-4-3-5-9-18)24-12-14-25(15-13-24)29(27,28)20-11-7-6-10-19(20)22/h3-11H,12-15H2,1-2H3. The van der Waals surface area contributed by atoms with Gasteiger partial charge in [-0.2, -0.15) is 9.40 Å². The molecule has 0 spiro atoms. The van der Waals surface area contributed by atoms with Crippen LogP contribution in [-0.2, 0) is 10.0 Å². The maximum Gasteiger partial charge on any atom is 0.246 e. The molecule has 0 bridgehead atoms. The number of rotatable bonds is 4. The van der Waals surface area contributed by atoms with Crippen LogP contribution in [0.25, 0.3) is 5.69 Å². The number of sulfonamides is 1. The Hall–Kier alpha value is -2.71. The summed E-state index contributed by atoms with van der Waals surface area (Å²) in [7, 11) is -3.85. The Bertz CT molecular complexity index is 1120. The molecule has 152 valence electrons. The lowest BCUT2D eigenvalue weighted by Crippen LogP contribution is -2.49. The number of piperazine rings is 1. The van der Waals surface area contributed by atoms with Crippen LogP contribution in [0.3, 0.4) is 0 Å². The summed E-state index contributed by atoms with van der Waals surface area (Å²) in [5.74, 6) is -0.717. The van der Waals surface area contributed by atoms with E-state index in [0.717, 1.165) is 22.8 Å². The molecule has 2 aromatic carbocycles. The lowest BCUT2D eigenvalue weighted by molar-refractivity contribution is 0.382. The maximum absolute atomic E-state index is 14.0. The fourth-order valence-corrected chi connectivity index (χ4v) is 5.34. The van der Waals surface area contributed by atoms with Gasteiger partial charge in [-0.15, -0.1) is 0 Å². The Labute approximate surface area is 170 Å². The number of benzene rings is 2. The molecule has 0 N–H and O–H groups in total. The van der Waals surface area contributed by atoms with E-state index in [1.807, 2.05) is 48.9 Å². The highest BCUT2D eigenvalue weighted by molar-refractivity contribution is 7.89. The summed E-state index contributed by atoms with van der Waals surface area (Å²) in [6.07, 6.45) is 0. The molecule has 1 aliphatic rings. The highest BCUT2D eigenvalue weighted by atomic mass is 32.2. The van der Waals surface area contributed by atoms with Crippen LogP contribution >= 0.6 is 0 Å². The van der Waals surface area contributed by atoms with Gasteiger partial charge in [0, 0.05) is 26.2 Å². The molecule has 1 aliphatic heterocycles. The molecule has 3 aromatic rings. The molecule has 1 fully saturated rings. The second kappa shape index (κ2) is 7.61. The first kappa shape index (κ1) is 19.6. The molecule has 1 aromatic heterocycles. The van der Waals surface area contributed by atoms with E-state index in [-0.39, 0.29) is 4.90 Å². The summed E-state index contributed by atoms with van der Waals surface area (Å²) in [5.41, 5.74) is 3.92. The molecule has 6 nitrogen and oxygen atoms in total. The Kier molecular flexibility index (Phi) is 5.14. The van der Waals surface area contributed by atoms with E-state index in [4.69, 9.17) is 0 Å². The molecule has 0 unspecified atom stereocenters. The zero-order valence-electron chi connectivity index (χ0n) is 16.4. The highest BCUT2D eigenvalue weighted by Crippen LogP contribution is 2.29. The van der Waals surface area contributed by atoms with Gasteiger partial charge in [-0.3, -0.25) is 0 Å². The average molecular weight is 415 g/mol. The lowest BCUT2D eigenvalue weighted by atomic mass is 10.2.